The summed E-state index contributed by atoms with van der Waals surface area (Å²) >= 11 is 6.09. The second-order valence-electron chi connectivity index (χ2n) is 3.54. The van der Waals surface area contributed by atoms with Crippen LogP contribution in [0.3, 0.4) is 0 Å². The van der Waals surface area contributed by atoms with Crippen LogP contribution in [0, 0.1) is 6.92 Å². The second kappa shape index (κ2) is 3.59. The lowest BCUT2D eigenvalue weighted by Crippen LogP contribution is -1.94. The van der Waals surface area contributed by atoms with Gasteiger partial charge >= 0.3 is 0 Å². The van der Waals surface area contributed by atoms with Crippen molar-refractivity contribution in [1.29, 1.82) is 0 Å². The first kappa shape index (κ1) is 10.1. The van der Waals surface area contributed by atoms with Gasteiger partial charge in [0.15, 0.2) is 5.82 Å². The molecular weight excluding hydrogens is 210 g/mol. The number of aryl methyl sites for hydroxylation is 2. The predicted molar refractivity (Wildman–Crippen MR) is 62.8 cm³/mol. The highest BCUT2D eigenvalue weighted by Crippen LogP contribution is 2.31. The molecule has 15 heavy (non-hydrogen) atoms. The number of nitrogens with two attached hydrogens (primary N) is 1. The molecule has 1 aromatic carbocycles. The third-order valence-electron chi connectivity index (χ3n) is 2.31. The van der Waals surface area contributed by atoms with Gasteiger partial charge in [-0.3, -0.25) is 4.68 Å². The molecule has 0 saturated heterocycles. The molecule has 0 bridgehead atoms. The quantitative estimate of drug-likeness (QED) is 0.805. The van der Waals surface area contributed by atoms with Crippen molar-refractivity contribution in [2.45, 2.75) is 6.92 Å². The zero-order chi connectivity index (χ0) is 11.0. The molecule has 78 valence electrons. The third kappa shape index (κ3) is 1.70. The molecule has 0 radical (unpaired) electrons. The van der Waals surface area contributed by atoms with Crippen molar-refractivity contribution in [3.05, 3.63) is 34.9 Å². The van der Waals surface area contributed by atoms with Gasteiger partial charge in [-0.15, -0.1) is 0 Å². The molecule has 0 saturated carbocycles. The minimum Gasteiger partial charge on any atom is -0.381 e. The van der Waals surface area contributed by atoms with E-state index in [-0.39, 0.29) is 0 Å². The van der Waals surface area contributed by atoms with Gasteiger partial charge < -0.3 is 5.73 Å². The van der Waals surface area contributed by atoms with E-state index >= 15 is 0 Å². The topological polar surface area (TPSA) is 43.8 Å². The molecule has 4 heteroatoms. The van der Waals surface area contributed by atoms with E-state index < -0.39 is 0 Å². The molecule has 0 aliphatic carbocycles. The number of hydrogen-bond donors (Lipinski definition) is 1. The molecule has 0 aliphatic heterocycles. The Balaban J connectivity index is 2.63. The molecule has 0 fully saturated rings. The minimum atomic E-state index is 0.371. The van der Waals surface area contributed by atoms with Gasteiger partial charge in [0, 0.05) is 12.6 Å². The Morgan fingerprint density at radius 1 is 1.40 bits per heavy atom. The lowest BCUT2D eigenvalue weighted by molar-refractivity contribution is 0.780. The zero-order valence-corrected chi connectivity index (χ0v) is 9.42. The highest BCUT2D eigenvalue weighted by atomic mass is 35.5. The molecule has 0 amide bonds. The van der Waals surface area contributed by atoms with Gasteiger partial charge in [-0.05, 0) is 13.0 Å². The van der Waals surface area contributed by atoms with Crippen LogP contribution < -0.4 is 5.73 Å². The van der Waals surface area contributed by atoms with Crippen LogP contribution in [0.1, 0.15) is 5.56 Å². The molecule has 1 aromatic heterocycles. The van der Waals surface area contributed by atoms with E-state index in [1.807, 2.05) is 32.2 Å². The Labute approximate surface area is 93.5 Å². The van der Waals surface area contributed by atoms with Crippen LogP contribution >= 0.6 is 11.6 Å². The molecule has 2 rings (SSSR count). The van der Waals surface area contributed by atoms with E-state index in [1.165, 1.54) is 5.56 Å². The molecule has 3 nitrogen and oxygen atoms in total. The number of hydrogen-bond acceptors (Lipinski definition) is 2. The van der Waals surface area contributed by atoms with Crippen molar-refractivity contribution in [2.24, 2.45) is 7.05 Å². The van der Waals surface area contributed by atoms with Crippen molar-refractivity contribution in [2.75, 3.05) is 5.73 Å². The van der Waals surface area contributed by atoms with Crippen LogP contribution in [0.15, 0.2) is 24.3 Å². The summed E-state index contributed by atoms with van der Waals surface area (Å²) in [4.78, 5) is 0. The Kier molecular flexibility index (Phi) is 2.40. The van der Waals surface area contributed by atoms with Gasteiger partial charge in [0.2, 0.25) is 0 Å². The first-order valence-corrected chi connectivity index (χ1v) is 5.02. The number of rotatable bonds is 1. The molecule has 2 N–H and O–H groups in total. The maximum absolute atomic E-state index is 6.09. The SMILES string of the molecule is Cc1cccc(-c2c(Cl)c(N)nn2C)c1. The van der Waals surface area contributed by atoms with Gasteiger partial charge in [0.05, 0.1) is 5.69 Å². The average Bonchev–Trinajstić information content (AvgIpc) is 2.41. The van der Waals surface area contributed by atoms with Crippen LogP contribution in [0.25, 0.3) is 11.3 Å². The Bertz CT molecular complexity index is 503. The van der Waals surface area contributed by atoms with E-state index in [0.29, 0.717) is 10.8 Å². The summed E-state index contributed by atoms with van der Waals surface area (Å²) in [6.07, 6.45) is 0. The lowest BCUT2D eigenvalue weighted by atomic mass is 10.1. The Hall–Kier alpha value is -1.48. The Morgan fingerprint density at radius 2 is 2.13 bits per heavy atom. The van der Waals surface area contributed by atoms with Crippen molar-refractivity contribution >= 4 is 17.4 Å². The average molecular weight is 222 g/mol. The summed E-state index contributed by atoms with van der Waals surface area (Å²) in [6, 6.07) is 8.08. The van der Waals surface area contributed by atoms with Gasteiger partial charge in [-0.1, -0.05) is 35.4 Å². The van der Waals surface area contributed by atoms with Gasteiger partial charge in [0.1, 0.15) is 5.02 Å². The van der Waals surface area contributed by atoms with E-state index in [1.54, 1.807) is 4.68 Å². The van der Waals surface area contributed by atoms with E-state index in [9.17, 15) is 0 Å². The van der Waals surface area contributed by atoms with E-state index in [4.69, 9.17) is 17.3 Å². The predicted octanol–water partition coefficient (Wildman–Crippen LogP) is 2.63. The van der Waals surface area contributed by atoms with Crippen molar-refractivity contribution in [3.8, 4) is 11.3 Å². The first-order chi connectivity index (χ1) is 7.09. The van der Waals surface area contributed by atoms with Crippen LogP contribution in [-0.4, -0.2) is 9.78 Å². The van der Waals surface area contributed by atoms with Gasteiger partial charge in [-0.25, -0.2) is 0 Å². The minimum absolute atomic E-state index is 0.371. The normalized spacial score (nSPS) is 10.6. The molecular formula is C11H12ClN3. The monoisotopic (exact) mass is 221 g/mol. The summed E-state index contributed by atoms with van der Waals surface area (Å²) in [5.74, 6) is 0.371. The summed E-state index contributed by atoms with van der Waals surface area (Å²) in [7, 11) is 1.83. The molecule has 2 aromatic rings. The summed E-state index contributed by atoms with van der Waals surface area (Å²) in [5, 5.41) is 4.60. The largest absolute Gasteiger partial charge is 0.381 e. The first-order valence-electron chi connectivity index (χ1n) is 4.64. The fourth-order valence-electron chi connectivity index (χ4n) is 1.62. The van der Waals surface area contributed by atoms with Crippen LogP contribution in [0.4, 0.5) is 5.82 Å². The number of benzene rings is 1. The number of anilines is 1. The highest BCUT2D eigenvalue weighted by molar-refractivity contribution is 6.35. The molecule has 0 aliphatic rings. The Morgan fingerprint density at radius 3 is 2.67 bits per heavy atom. The number of halogens is 1. The molecule has 0 atom stereocenters. The smallest absolute Gasteiger partial charge is 0.164 e. The van der Waals surface area contributed by atoms with Gasteiger partial charge in [-0.2, -0.15) is 5.10 Å². The fourth-order valence-corrected chi connectivity index (χ4v) is 1.89. The summed E-state index contributed by atoms with van der Waals surface area (Å²) in [6.45, 7) is 2.04. The van der Waals surface area contributed by atoms with E-state index in [2.05, 4.69) is 11.2 Å². The summed E-state index contributed by atoms with van der Waals surface area (Å²) < 4.78 is 1.70. The molecule has 0 unspecified atom stereocenters. The maximum atomic E-state index is 6.09. The fraction of sp³-hybridized carbons (Fsp3) is 0.182. The van der Waals surface area contributed by atoms with Gasteiger partial charge in [0.25, 0.3) is 0 Å². The number of nitrogen functional groups attached to an aromatic ring is 1. The van der Waals surface area contributed by atoms with Crippen molar-refractivity contribution in [1.82, 2.24) is 9.78 Å². The second-order valence-corrected chi connectivity index (χ2v) is 3.92. The zero-order valence-electron chi connectivity index (χ0n) is 8.66. The summed E-state index contributed by atoms with van der Waals surface area (Å²) in [5.41, 5.74) is 8.73. The van der Waals surface area contributed by atoms with Crippen LogP contribution in [-0.2, 0) is 7.05 Å². The van der Waals surface area contributed by atoms with Crippen molar-refractivity contribution < 1.29 is 0 Å². The molecule has 0 spiro atoms. The lowest BCUT2D eigenvalue weighted by Gasteiger charge is -2.03. The van der Waals surface area contributed by atoms with E-state index in [0.717, 1.165) is 11.3 Å². The van der Waals surface area contributed by atoms with Crippen molar-refractivity contribution in [3.63, 3.8) is 0 Å². The standard InChI is InChI=1S/C11H12ClN3/c1-7-4-3-5-8(6-7)10-9(12)11(13)14-15(10)2/h3-6H,1-2H3,(H2,13,14). The van der Waals surface area contributed by atoms with Crippen LogP contribution in [0.2, 0.25) is 5.02 Å². The highest BCUT2D eigenvalue weighted by Gasteiger charge is 2.13. The maximum Gasteiger partial charge on any atom is 0.164 e. The molecule has 1 heterocycles. The third-order valence-corrected chi connectivity index (χ3v) is 2.68. The number of aromatic nitrogens is 2. The number of nitrogens with zero attached hydrogens (tertiary/aromatic N) is 2. The van der Waals surface area contributed by atoms with Crippen LogP contribution in [0.5, 0.6) is 0 Å².